The minimum atomic E-state index is 0.0827. The standard InChI is InChI=1S/C21H33NO2/c1-13-6-5-8-16(22-13)10-11-18-17-9-4-3-7-15(17)12-19-20(18)14(2)24-21(19)23/h10-11,13-20,22H,3-9,12H2,1-2H3/b11-10+/t13-,14+,15-,16+,17+,18+,19+,20-/m0/s1. The molecule has 8 atom stereocenters. The van der Waals surface area contributed by atoms with Crippen LogP contribution in [0.15, 0.2) is 12.2 Å². The first-order valence-corrected chi connectivity index (χ1v) is 10.3. The van der Waals surface area contributed by atoms with Crippen LogP contribution in [0.3, 0.4) is 0 Å². The Bertz CT molecular complexity index is 502. The summed E-state index contributed by atoms with van der Waals surface area (Å²) in [6, 6.07) is 1.15. The number of fused-ring (bicyclic) bond motifs is 2. The first-order valence-electron chi connectivity index (χ1n) is 10.3. The summed E-state index contributed by atoms with van der Waals surface area (Å²) in [5, 5.41) is 3.72. The minimum absolute atomic E-state index is 0.0827. The number of hydrogen-bond donors (Lipinski definition) is 1. The van der Waals surface area contributed by atoms with E-state index in [0.717, 1.165) is 18.3 Å². The molecule has 0 aromatic heterocycles. The van der Waals surface area contributed by atoms with Crippen molar-refractivity contribution in [3.8, 4) is 0 Å². The molecule has 0 amide bonds. The lowest BCUT2D eigenvalue weighted by molar-refractivity contribution is -0.144. The fourth-order valence-corrected chi connectivity index (χ4v) is 6.18. The van der Waals surface area contributed by atoms with Gasteiger partial charge in [0.05, 0.1) is 5.92 Å². The second-order valence-electron chi connectivity index (χ2n) is 8.84. The van der Waals surface area contributed by atoms with Gasteiger partial charge in [0.25, 0.3) is 0 Å². The molecule has 4 rings (SSSR count). The van der Waals surface area contributed by atoms with Gasteiger partial charge in [-0.15, -0.1) is 0 Å². The zero-order valence-corrected chi connectivity index (χ0v) is 15.2. The Kier molecular flexibility index (Phi) is 4.73. The smallest absolute Gasteiger partial charge is 0.309 e. The molecule has 1 N–H and O–H groups in total. The maximum absolute atomic E-state index is 12.3. The summed E-state index contributed by atoms with van der Waals surface area (Å²) >= 11 is 0. The number of hydrogen-bond acceptors (Lipinski definition) is 3. The molecule has 0 spiro atoms. The number of ether oxygens (including phenoxy) is 1. The third-order valence-corrected chi connectivity index (χ3v) is 7.29. The zero-order chi connectivity index (χ0) is 16.7. The van der Waals surface area contributed by atoms with Crippen molar-refractivity contribution < 1.29 is 9.53 Å². The normalized spacial score (nSPS) is 48.8. The van der Waals surface area contributed by atoms with Crippen molar-refractivity contribution in [1.29, 1.82) is 0 Å². The maximum Gasteiger partial charge on any atom is 0.309 e. The fourth-order valence-electron chi connectivity index (χ4n) is 6.18. The van der Waals surface area contributed by atoms with E-state index >= 15 is 0 Å². The molecule has 2 saturated carbocycles. The molecule has 3 heteroatoms. The monoisotopic (exact) mass is 331 g/mol. The molecular weight excluding hydrogens is 298 g/mol. The van der Waals surface area contributed by atoms with Crippen LogP contribution in [0.4, 0.5) is 0 Å². The van der Waals surface area contributed by atoms with Gasteiger partial charge in [0.15, 0.2) is 0 Å². The van der Waals surface area contributed by atoms with Crippen LogP contribution in [0.25, 0.3) is 0 Å². The van der Waals surface area contributed by atoms with Crippen LogP contribution in [-0.2, 0) is 9.53 Å². The summed E-state index contributed by atoms with van der Waals surface area (Å²) in [6.07, 6.45) is 15.4. The van der Waals surface area contributed by atoms with E-state index in [0.29, 0.717) is 23.9 Å². The molecule has 0 radical (unpaired) electrons. The van der Waals surface area contributed by atoms with Gasteiger partial charge in [-0.25, -0.2) is 0 Å². The Hall–Kier alpha value is -0.830. The zero-order valence-electron chi connectivity index (χ0n) is 15.2. The molecule has 2 aliphatic heterocycles. The first kappa shape index (κ1) is 16.6. The molecule has 4 fully saturated rings. The van der Waals surface area contributed by atoms with Crippen molar-refractivity contribution >= 4 is 5.97 Å². The van der Waals surface area contributed by atoms with E-state index in [1.165, 1.54) is 44.9 Å². The molecule has 24 heavy (non-hydrogen) atoms. The SMILES string of the molecule is C[C@H]1CCC[C@H](/C=C/[C@@H]2[C@@H]3CCCC[C@H]3C[C@H]3C(=O)O[C@H](C)[C@@H]23)N1. The highest BCUT2D eigenvalue weighted by Crippen LogP contribution is 2.53. The molecule has 0 unspecified atom stereocenters. The highest BCUT2D eigenvalue weighted by Gasteiger charge is 2.53. The van der Waals surface area contributed by atoms with Crippen LogP contribution < -0.4 is 5.32 Å². The van der Waals surface area contributed by atoms with Gasteiger partial charge in [0.2, 0.25) is 0 Å². The van der Waals surface area contributed by atoms with E-state index in [2.05, 4.69) is 31.3 Å². The van der Waals surface area contributed by atoms with Gasteiger partial charge in [0, 0.05) is 18.0 Å². The van der Waals surface area contributed by atoms with Crippen LogP contribution in [0.1, 0.15) is 65.2 Å². The van der Waals surface area contributed by atoms with E-state index in [9.17, 15) is 4.79 Å². The van der Waals surface area contributed by atoms with Crippen molar-refractivity contribution in [2.45, 2.75) is 83.4 Å². The van der Waals surface area contributed by atoms with E-state index in [4.69, 9.17) is 4.74 Å². The average Bonchev–Trinajstić information content (AvgIpc) is 2.86. The van der Waals surface area contributed by atoms with Gasteiger partial charge >= 0.3 is 5.97 Å². The predicted molar refractivity (Wildman–Crippen MR) is 95.5 cm³/mol. The Balaban J connectivity index is 1.55. The van der Waals surface area contributed by atoms with Gasteiger partial charge in [-0.05, 0) is 57.3 Å². The van der Waals surface area contributed by atoms with Gasteiger partial charge in [-0.2, -0.15) is 0 Å². The molecule has 3 nitrogen and oxygen atoms in total. The number of allylic oxidation sites excluding steroid dienone is 1. The minimum Gasteiger partial charge on any atom is -0.462 e. The number of carbonyl (C=O) groups is 1. The highest BCUT2D eigenvalue weighted by atomic mass is 16.6. The van der Waals surface area contributed by atoms with Crippen molar-refractivity contribution in [2.24, 2.45) is 29.6 Å². The number of esters is 1. The summed E-state index contributed by atoms with van der Waals surface area (Å²) < 4.78 is 5.66. The van der Waals surface area contributed by atoms with E-state index in [-0.39, 0.29) is 18.0 Å². The van der Waals surface area contributed by atoms with Crippen LogP contribution >= 0.6 is 0 Å². The van der Waals surface area contributed by atoms with Crippen LogP contribution in [-0.4, -0.2) is 24.2 Å². The lowest BCUT2D eigenvalue weighted by Gasteiger charge is -2.46. The molecule has 0 aromatic rings. The molecule has 2 saturated heterocycles. The molecule has 4 aliphatic rings. The van der Waals surface area contributed by atoms with Crippen molar-refractivity contribution in [3.63, 3.8) is 0 Å². The highest BCUT2D eigenvalue weighted by molar-refractivity contribution is 5.75. The van der Waals surface area contributed by atoms with Gasteiger partial charge in [0.1, 0.15) is 6.10 Å². The van der Waals surface area contributed by atoms with Crippen LogP contribution in [0.5, 0.6) is 0 Å². The molecule has 2 heterocycles. The van der Waals surface area contributed by atoms with E-state index in [1.807, 2.05) is 0 Å². The van der Waals surface area contributed by atoms with Crippen molar-refractivity contribution in [2.75, 3.05) is 0 Å². The van der Waals surface area contributed by atoms with Crippen molar-refractivity contribution in [1.82, 2.24) is 5.32 Å². The molecule has 2 aliphatic carbocycles. The number of carbonyl (C=O) groups excluding carboxylic acids is 1. The number of piperidine rings is 1. The third kappa shape index (κ3) is 3.05. The summed E-state index contributed by atoms with van der Waals surface area (Å²) in [5.74, 6) is 2.70. The summed E-state index contributed by atoms with van der Waals surface area (Å²) in [4.78, 5) is 12.3. The van der Waals surface area contributed by atoms with Gasteiger partial charge in [-0.3, -0.25) is 4.79 Å². The Morgan fingerprint density at radius 2 is 1.88 bits per heavy atom. The maximum atomic E-state index is 12.3. The van der Waals surface area contributed by atoms with E-state index in [1.54, 1.807) is 0 Å². The van der Waals surface area contributed by atoms with Crippen LogP contribution in [0.2, 0.25) is 0 Å². The largest absolute Gasteiger partial charge is 0.462 e. The lowest BCUT2D eigenvalue weighted by atomic mass is 9.57. The number of rotatable bonds is 2. The van der Waals surface area contributed by atoms with Crippen molar-refractivity contribution in [3.05, 3.63) is 12.2 Å². The molecule has 134 valence electrons. The average molecular weight is 332 g/mol. The van der Waals surface area contributed by atoms with Gasteiger partial charge in [-0.1, -0.05) is 37.8 Å². The second kappa shape index (κ2) is 6.82. The Morgan fingerprint density at radius 1 is 1.04 bits per heavy atom. The third-order valence-electron chi connectivity index (χ3n) is 7.29. The predicted octanol–water partition coefficient (Wildman–Crippen LogP) is 4.08. The lowest BCUT2D eigenvalue weighted by Crippen LogP contribution is -2.43. The Morgan fingerprint density at radius 3 is 2.71 bits per heavy atom. The van der Waals surface area contributed by atoms with E-state index < -0.39 is 0 Å². The summed E-state index contributed by atoms with van der Waals surface area (Å²) in [6.45, 7) is 4.41. The molecule has 0 bridgehead atoms. The quantitative estimate of drug-likeness (QED) is 0.612. The molecule has 0 aromatic carbocycles. The second-order valence-corrected chi connectivity index (χ2v) is 8.84. The van der Waals surface area contributed by atoms with Crippen LogP contribution in [0, 0.1) is 29.6 Å². The topological polar surface area (TPSA) is 38.3 Å². The Labute approximate surface area is 146 Å². The summed E-state index contributed by atoms with van der Waals surface area (Å²) in [7, 11) is 0. The number of nitrogens with one attached hydrogen (secondary N) is 1. The van der Waals surface area contributed by atoms with Gasteiger partial charge < -0.3 is 10.1 Å². The molecular formula is C21H33NO2. The number of cyclic esters (lactones) is 1. The summed E-state index contributed by atoms with van der Waals surface area (Å²) in [5.41, 5.74) is 0. The fraction of sp³-hybridized carbons (Fsp3) is 0.857. The first-order chi connectivity index (χ1) is 11.6.